The third kappa shape index (κ3) is 7.40. The highest BCUT2D eigenvalue weighted by Gasteiger charge is 2.80. The monoisotopic (exact) mass is 1310 g/mol. The third-order valence-electron chi connectivity index (χ3n) is 27.8. The maximum Gasteiger partial charge on any atom is 0.352 e. The van der Waals surface area contributed by atoms with Gasteiger partial charge in [-0.25, -0.2) is 19.2 Å². The molecule has 10 aliphatic rings. The van der Waals surface area contributed by atoms with Gasteiger partial charge in [0.1, 0.15) is 35.9 Å². The molecule has 1 aromatic heterocycles. The smallest absolute Gasteiger partial charge is 0.352 e. The Hall–Kier alpha value is -7.96. The first kappa shape index (κ1) is 64.1. The Bertz CT molecular complexity index is 4190. The molecule has 508 valence electrons. The Morgan fingerprint density at radius 2 is 0.698 bits per heavy atom. The number of carbonyl (C=O) groups is 8. The van der Waals surface area contributed by atoms with Crippen LogP contribution < -0.4 is 9.47 Å². The van der Waals surface area contributed by atoms with E-state index in [4.69, 9.17) is 47.4 Å². The summed E-state index contributed by atoms with van der Waals surface area (Å²) in [5.41, 5.74) is -11.3. The lowest BCUT2D eigenvalue weighted by atomic mass is 9.66. The molecule has 0 N–H and O–H groups in total. The van der Waals surface area contributed by atoms with Crippen LogP contribution in [0.2, 0.25) is 0 Å². The second kappa shape index (κ2) is 20.1. The van der Waals surface area contributed by atoms with Gasteiger partial charge in [-0.1, -0.05) is 82.1 Å². The van der Waals surface area contributed by atoms with E-state index in [0.29, 0.717) is 129 Å². The van der Waals surface area contributed by atoms with Crippen molar-refractivity contribution < 1.29 is 85.7 Å². The van der Waals surface area contributed by atoms with Crippen LogP contribution in [0.25, 0.3) is 43.4 Å². The van der Waals surface area contributed by atoms with Gasteiger partial charge in [-0.3, -0.25) is 19.2 Å². The first-order chi connectivity index (χ1) is 45.1. The number of aromatic nitrogens is 1. The molecule has 4 saturated heterocycles. The molecule has 8 bridgehead atoms. The Morgan fingerprint density at radius 1 is 0.417 bits per heavy atom. The van der Waals surface area contributed by atoms with Gasteiger partial charge in [0.2, 0.25) is 22.4 Å². The molecule has 19 nitrogen and oxygen atoms in total. The van der Waals surface area contributed by atoms with Crippen molar-refractivity contribution in [3.05, 3.63) is 83.0 Å². The van der Waals surface area contributed by atoms with Gasteiger partial charge >= 0.3 is 47.8 Å². The number of nitrogens with zero attached hydrogens (tertiary/aromatic N) is 1. The van der Waals surface area contributed by atoms with Crippen LogP contribution in [-0.4, -0.2) is 87.9 Å². The summed E-state index contributed by atoms with van der Waals surface area (Å²) < 4.78 is 67.9. The van der Waals surface area contributed by atoms with Gasteiger partial charge in [0.15, 0.2) is 0 Å². The van der Waals surface area contributed by atoms with Crippen molar-refractivity contribution in [3.63, 3.8) is 0 Å². The van der Waals surface area contributed by atoms with Crippen molar-refractivity contribution in [3.8, 4) is 11.5 Å². The Balaban J connectivity index is 1.01. The van der Waals surface area contributed by atoms with E-state index in [2.05, 4.69) is 13.8 Å². The van der Waals surface area contributed by atoms with Crippen molar-refractivity contribution in [1.82, 2.24) is 4.57 Å². The molecule has 5 heterocycles. The molecule has 0 spiro atoms. The van der Waals surface area contributed by atoms with E-state index in [-0.39, 0.29) is 25.7 Å². The van der Waals surface area contributed by atoms with Crippen molar-refractivity contribution >= 4 is 91.1 Å². The maximum absolute atomic E-state index is 15.6. The topological polar surface area (TPSA) is 234 Å². The number of fused-ring (bicyclic) bond motifs is 19. The summed E-state index contributed by atoms with van der Waals surface area (Å²) in [6, 6.07) is 11.6. The fourth-order valence-electron chi connectivity index (χ4n) is 19.1. The average molecular weight is 1310 g/mol. The zero-order valence-corrected chi connectivity index (χ0v) is 57.8. The molecule has 8 fully saturated rings. The van der Waals surface area contributed by atoms with Crippen molar-refractivity contribution in [1.29, 1.82) is 0 Å². The van der Waals surface area contributed by atoms with Gasteiger partial charge in [0, 0.05) is 94.3 Å². The van der Waals surface area contributed by atoms with Crippen LogP contribution >= 0.6 is 0 Å². The molecule has 0 amide bonds. The van der Waals surface area contributed by atoms with Crippen LogP contribution in [0.5, 0.6) is 11.5 Å². The lowest BCUT2D eigenvalue weighted by Crippen LogP contribution is -2.49. The summed E-state index contributed by atoms with van der Waals surface area (Å²) in [5.74, 6) is -4.02. The van der Waals surface area contributed by atoms with Crippen LogP contribution in [-0.2, 0) is 83.3 Å². The zero-order chi connectivity index (χ0) is 68.6. The molecule has 4 aliphatic heterocycles. The number of benzene rings is 4. The minimum Gasteiger partial charge on any atom is -0.493 e. The second-order valence-corrected chi connectivity index (χ2v) is 32.3. The molecule has 4 aromatic carbocycles. The van der Waals surface area contributed by atoms with Gasteiger partial charge < -0.3 is 51.9 Å². The third-order valence-corrected chi connectivity index (χ3v) is 27.8. The number of carbonyl (C=O) groups excluding carboxylic acids is 8. The average Bonchev–Trinajstić information content (AvgIpc) is 1.39. The zero-order valence-electron chi connectivity index (χ0n) is 57.8. The van der Waals surface area contributed by atoms with E-state index in [1.807, 2.05) is 131 Å². The number of rotatable bonds is 16. The standard InChI is InChI=1S/C77H87NO18/c1-16-18-36-87-50-38-42-46(89-62(83)74-32-28-70(11,58(79)93-74)66(74,3)4)24-26-48(91-64(85)76-34-30-72(13,60(81)95-76)68(76,7)8)52(42)54-40(50)20-22-44-56(54)57-45(78(44)15)23-21-41-51(88-37-19-17-2)39-43-47(90-63(84)75-33-29-71(12,59(80)94-75)67(75,5)6)25-27-49(53(43)55(41)57)92-65(86)77-35-31-73(14,61(82)96-77)69(77,9)10/h20-27,38-39,46-49H,16-19,28-37H2,1-15H3/t46?,47?,48?,49?,70-,71-,72-,73-,74+,75+,76+,77+/m0/s1. The predicted octanol–water partition coefficient (Wildman–Crippen LogP) is 14.0. The van der Waals surface area contributed by atoms with Crippen LogP contribution in [0.4, 0.5) is 0 Å². The van der Waals surface area contributed by atoms with Crippen LogP contribution in [0.3, 0.4) is 0 Å². The first-order valence-corrected chi connectivity index (χ1v) is 34.5. The van der Waals surface area contributed by atoms with Gasteiger partial charge in [-0.05, 0) is 153 Å². The quantitative estimate of drug-likeness (QED) is 0.0386. The largest absolute Gasteiger partial charge is 0.493 e. The molecule has 15 rings (SSSR count). The molecule has 5 aromatic rings. The number of esters is 8. The van der Waals surface area contributed by atoms with E-state index >= 15 is 19.2 Å². The summed E-state index contributed by atoms with van der Waals surface area (Å²) in [5, 5.41) is 3.51. The van der Waals surface area contributed by atoms with E-state index in [9.17, 15) is 19.2 Å². The van der Waals surface area contributed by atoms with Crippen LogP contribution in [0.1, 0.15) is 221 Å². The van der Waals surface area contributed by atoms with E-state index in [1.165, 1.54) is 0 Å². The summed E-state index contributed by atoms with van der Waals surface area (Å²) in [6.07, 6.45) is 7.36. The Kier molecular flexibility index (Phi) is 13.4. The highest BCUT2D eigenvalue weighted by molar-refractivity contribution is 6.30. The molecular formula is C77H87NO18. The normalized spacial score (nSPS) is 35.3. The molecule has 96 heavy (non-hydrogen) atoms. The van der Waals surface area contributed by atoms with Crippen molar-refractivity contribution in [2.24, 2.45) is 50.4 Å². The number of unbranched alkanes of at least 4 members (excludes halogenated alkanes) is 2. The number of hydrogen-bond acceptors (Lipinski definition) is 18. The van der Waals surface area contributed by atoms with Gasteiger partial charge in [0.05, 0.1) is 34.9 Å². The first-order valence-electron chi connectivity index (χ1n) is 34.5. The lowest BCUT2D eigenvalue weighted by Gasteiger charge is -2.38. The van der Waals surface area contributed by atoms with Gasteiger partial charge in [-0.2, -0.15) is 0 Å². The van der Waals surface area contributed by atoms with Crippen LogP contribution in [0.15, 0.2) is 60.7 Å². The van der Waals surface area contributed by atoms with Crippen molar-refractivity contribution in [2.75, 3.05) is 13.2 Å². The maximum atomic E-state index is 15.6. The minimum atomic E-state index is -1.66. The molecule has 19 heteroatoms. The second-order valence-electron chi connectivity index (χ2n) is 32.3. The summed E-state index contributed by atoms with van der Waals surface area (Å²) in [4.78, 5) is 117. The highest BCUT2D eigenvalue weighted by Crippen LogP contribution is 2.70. The summed E-state index contributed by atoms with van der Waals surface area (Å²) in [6.45, 7) is 26.9. The lowest BCUT2D eigenvalue weighted by molar-refractivity contribution is -0.187. The molecule has 4 unspecified atom stereocenters. The van der Waals surface area contributed by atoms with E-state index < -0.39 is 138 Å². The molecule has 12 atom stereocenters. The SMILES string of the molecule is CCCCOc1cc2c(c3c1ccc1c3c3c4c5c(cc(OCCCC)c4ccc3n1C)C(OC(=O)[C@@]13CC[C@@](C)(C(=O)O1)C3(C)C)C=CC5OC(=O)[C@@]13CC[C@@](C)(C(=O)O1)C3(C)C)C(OC(=O)[C@@]13CC[C@@](C)(C(=O)O1)C3(C)C)C=CC2OC(=O)[C@@]12CC[C@@](C)(C(=O)O1)C2(C)C. The summed E-state index contributed by atoms with van der Waals surface area (Å²) in [7, 11) is 1.94. The van der Waals surface area contributed by atoms with Gasteiger partial charge in [0.25, 0.3) is 0 Å². The number of hydrogen-bond donors (Lipinski definition) is 0. The Morgan fingerprint density at radius 3 is 0.958 bits per heavy atom. The fourth-order valence-corrected chi connectivity index (χ4v) is 19.1. The van der Waals surface area contributed by atoms with Gasteiger partial charge in [-0.15, -0.1) is 0 Å². The molecule has 4 saturated carbocycles. The predicted molar refractivity (Wildman–Crippen MR) is 350 cm³/mol. The van der Waals surface area contributed by atoms with Crippen LogP contribution in [0, 0.1) is 43.3 Å². The highest BCUT2D eigenvalue weighted by atomic mass is 16.6. The van der Waals surface area contributed by atoms with E-state index in [0.717, 1.165) is 12.8 Å². The number of aryl methyl sites for hydroxylation is 1. The molecular weight excluding hydrogens is 1230 g/mol. The Labute approximate surface area is 557 Å². The number of ether oxygens (including phenoxy) is 10. The summed E-state index contributed by atoms with van der Waals surface area (Å²) >= 11 is 0. The minimum absolute atomic E-state index is 0.221. The van der Waals surface area contributed by atoms with Crippen molar-refractivity contribution in [2.45, 2.75) is 221 Å². The molecule has 0 radical (unpaired) electrons. The molecule has 6 aliphatic carbocycles. The fraction of sp³-hybridized carbons (Fsp3) is 0.584. The van der Waals surface area contributed by atoms with E-state index in [1.54, 1.807) is 24.3 Å².